The highest BCUT2D eigenvalue weighted by Crippen LogP contribution is 2.49. The molecule has 1 fully saturated rings. The third-order valence-electron chi connectivity index (χ3n) is 4.87. The molecule has 1 heteroatoms. The molecule has 114 valence electrons. The van der Waals surface area contributed by atoms with Gasteiger partial charge >= 0.3 is 0 Å². The molecule has 0 spiro atoms. The van der Waals surface area contributed by atoms with Gasteiger partial charge in [0.05, 0.1) is 0 Å². The van der Waals surface area contributed by atoms with Crippen LogP contribution in [0.4, 0.5) is 0 Å². The van der Waals surface area contributed by atoms with Gasteiger partial charge in [-0.15, -0.1) is 0 Å². The summed E-state index contributed by atoms with van der Waals surface area (Å²) in [4.78, 5) is 0. The lowest BCUT2D eigenvalue weighted by Gasteiger charge is -2.25. The van der Waals surface area contributed by atoms with Gasteiger partial charge in [0.2, 0.25) is 0 Å². The minimum atomic E-state index is 0.649. The topological polar surface area (TPSA) is 12.0 Å². The lowest BCUT2D eigenvalue weighted by Crippen LogP contribution is -2.36. The van der Waals surface area contributed by atoms with E-state index in [-0.39, 0.29) is 0 Å². The Morgan fingerprint density at radius 3 is 1.95 bits per heavy atom. The molecule has 1 rings (SSSR count). The van der Waals surface area contributed by atoms with Crippen LogP contribution in [0, 0.1) is 5.41 Å². The van der Waals surface area contributed by atoms with Crippen molar-refractivity contribution in [3.8, 4) is 0 Å². The summed E-state index contributed by atoms with van der Waals surface area (Å²) in [5.74, 6) is 0. The van der Waals surface area contributed by atoms with E-state index in [9.17, 15) is 0 Å². The summed E-state index contributed by atoms with van der Waals surface area (Å²) in [5, 5.41) is 3.79. The van der Waals surface area contributed by atoms with Crippen LogP contribution >= 0.6 is 0 Å². The van der Waals surface area contributed by atoms with Gasteiger partial charge in [0.15, 0.2) is 0 Å². The van der Waals surface area contributed by atoms with Crippen LogP contribution in [0.1, 0.15) is 97.8 Å². The van der Waals surface area contributed by atoms with Crippen molar-refractivity contribution in [3.05, 3.63) is 0 Å². The van der Waals surface area contributed by atoms with Crippen LogP contribution in [0.3, 0.4) is 0 Å². The first-order valence-electron chi connectivity index (χ1n) is 8.96. The first-order chi connectivity index (χ1) is 9.23. The number of hydrogen-bond acceptors (Lipinski definition) is 1. The molecule has 1 saturated carbocycles. The first-order valence-corrected chi connectivity index (χ1v) is 8.96. The molecule has 1 N–H and O–H groups in total. The van der Waals surface area contributed by atoms with Crippen molar-refractivity contribution < 1.29 is 0 Å². The Kier molecular flexibility index (Phi) is 8.77. The summed E-state index contributed by atoms with van der Waals surface area (Å²) in [6.45, 7) is 8.25. The van der Waals surface area contributed by atoms with Gasteiger partial charge in [-0.1, -0.05) is 72.1 Å². The number of hydrogen-bond donors (Lipinski definition) is 1. The Bertz CT molecular complexity index is 208. The van der Waals surface area contributed by atoms with Crippen molar-refractivity contribution in [1.82, 2.24) is 5.32 Å². The molecule has 1 nitrogen and oxygen atoms in total. The van der Waals surface area contributed by atoms with E-state index < -0.39 is 0 Å². The predicted molar refractivity (Wildman–Crippen MR) is 86.6 cm³/mol. The maximum atomic E-state index is 3.79. The number of rotatable bonds is 13. The fourth-order valence-corrected chi connectivity index (χ4v) is 3.04. The summed E-state index contributed by atoms with van der Waals surface area (Å²) in [7, 11) is 0. The minimum absolute atomic E-state index is 0.649. The molecular weight excluding hydrogens is 230 g/mol. The molecule has 0 amide bonds. The Labute approximate surface area is 121 Å². The molecular formula is C18H37N. The van der Waals surface area contributed by atoms with Crippen LogP contribution in [0.15, 0.2) is 0 Å². The van der Waals surface area contributed by atoms with E-state index in [1.54, 1.807) is 0 Å². The van der Waals surface area contributed by atoms with Gasteiger partial charge in [0.1, 0.15) is 0 Å². The summed E-state index contributed by atoms with van der Waals surface area (Å²) in [5.41, 5.74) is 0.649. The Morgan fingerprint density at radius 1 is 0.842 bits per heavy atom. The van der Waals surface area contributed by atoms with E-state index in [0.29, 0.717) is 5.41 Å². The maximum absolute atomic E-state index is 3.79. The third kappa shape index (κ3) is 7.34. The Hall–Kier alpha value is -0.0400. The van der Waals surface area contributed by atoms with Crippen LogP contribution in [-0.4, -0.2) is 12.6 Å². The third-order valence-corrected chi connectivity index (χ3v) is 4.87. The van der Waals surface area contributed by atoms with Crippen LogP contribution in [-0.2, 0) is 0 Å². The van der Waals surface area contributed by atoms with Crippen molar-refractivity contribution in [2.45, 2.75) is 104 Å². The van der Waals surface area contributed by atoms with E-state index in [2.05, 4.69) is 26.1 Å². The second-order valence-corrected chi connectivity index (χ2v) is 6.92. The van der Waals surface area contributed by atoms with Gasteiger partial charge in [-0.2, -0.15) is 0 Å². The Morgan fingerprint density at radius 2 is 1.42 bits per heavy atom. The van der Waals surface area contributed by atoms with E-state index in [0.717, 1.165) is 6.04 Å². The molecule has 1 unspecified atom stereocenters. The highest BCUT2D eigenvalue weighted by molar-refractivity contribution is 4.98. The number of unbranched alkanes of at least 4 members (excludes halogenated alkanes) is 7. The minimum Gasteiger partial charge on any atom is -0.313 e. The largest absolute Gasteiger partial charge is 0.313 e. The van der Waals surface area contributed by atoms with E-state index in [4.69, 9.17) is 0 Å². The van der Waals surface area contributed by atoms with Gasteiger partial charge in [0.25, 0.3) is 0 Å². The average molecular weight is 268 g/mol. The lowest BCUT2D eigenvalue weighted by atomic mass is 9.93. The highest BCUT2D eigenvalue weighted by atomic mass is 14.9. The molecule has 0 aromatic rings. The molecule has 1 aliphatic rings. The van der Waals surface area contributed by atoms with Crippen molar-refractivity contribution in [1.29, 1.82) is 0 Å². The van der Waals surface area contributed by atoms with Gasteiger partial charge in [-0.3, -0.25) is 0 Å². The van der Waals surface area contributed by atoms with Crippen LogP contribution in [0.5, 0.6) is 0 Å². The first kappa shape index (κ1) is 17.0. The van der Waals surface area contributed by atoms with Crippen molar-refractivity contribution in [2.75, 3.05) is 6.54 Å². The van der Waals surface area contributed by atoms with E-state index >= 15 is 0 Å². The maximum Gasteiger partial charge on any atom is 0.0121 e. The fourth-order valence-electron chi connectivity index (χ4n) is 3.04. The smallest absolute Gasteiger partial charge is 0.0121 e. The second-order valence-electron chi connectivity index (χ2n) is 6.92. The fraction of sp³-hybridized carbons (Fsp3) is 1.00. The van der Waals surface area contributed by atoms with Gasteiger partial charge < -0.3 is 5.32 Å². The zero-order chi connectivity index (χ0) is 14.0. The van der Waals surface area contributed by atoms with Crippen molar-refractivity contribution in [2.24, 2.45) is 5.41 Å². The predicted octanol–water partition coefficient (Wildman–Crippen LogP) is 5.69. The molecule has 19 heavy (non-hydrogen) atoms. The number of nitrogens with one attached hydrogen (secondary N) is 1. The molecule has 0 aromatic heterocycles. The molecule has 1 atom stereocenters. The molecule has 1 aliphatic carbocycles. The zero-order valence-corrected chi connectivity index (χ0v) is 13.8. The lowest BCUT2D eigenvalue weighted by molar-refractivity contribution is 0.327. The SMILES string of the molecule is CCCCCCCCCCC(NCCC)C1(C)CC1. The van der Waals surface area contributed by atoms with Crippen molar-refractivity contribution in [3.63, 3.8) is 0 Å². The van der Waals surface area contributed by atoms with Crippen LogP contribution < -0.4 is 5.32 Å². The van der Waals surface area contributed by atoms with Gasteiger partial charge in [-0.25, -0.2) is 0 Å². The summed E-state index contributed by atoms with van der Waals surface area (Å²) < 4.78 is 0. The summed E-state index contributed by atoms with van der Waals surface area (Å²) >= 11 is 0. The van der Waals surface area contributed by atoms with E-state index in [1.807, 2.05) is 0 Å². The summed E-state index contributed by atoms with van der Waals surface area (Å²) in [6.07, 6.45) is 17.1. The normalized spacial score (nSPS) is 18.5. The molecule has 0 bridgehead atoms. The standard InChI is InChI=1S/C18H37N/c1-4-6-7-8-9-10-11-12-13-17(19-16-5-2)18(3)14-15-18/h17,19H,4-16H2,1-3H3. The Balaban J connectivity index is 1.99. The van der Waals surface area contributed by atoms with Crippen LogP contribution in [0.25, 0.3) is 0 Å². The highest BCUT2D eigenvalue weighted by Gasteiger charge is 2.43. The average Bonchev–Trinajstić information content (AvgIpc) is 3.15. The van der Waals surface area contributed by atoms with Gasteiger partial charge in [0, 0.05) is 6.04 Å². The van der Waals surface area contributed by atoms with Crippen LogP contribution in [0.2, 0.25) is 0 Å². The van der Waals surface area contributed by atoms with E-state index in [1.165, 1.54) is 83.6 Å². The monoisotopic (exact) mass is 267 g/mol. The van der Waals surface area contributed by atoms with Crippen molar-refractivity contribution >= 4 is 0 Å². The van der Waals surface area contributed by atoms with Gasteiger partial charge in [-0.05, 0) is 37.6 Å². The molecule has 0 aliphatic heterocycles. The molecule has 0 heterocycles. The zero-order valence-electron chi connectivity index (χ0n) is 13.8. The second kappa shape index (κ2) is 9.80. The summed E-state index contributed by atoms with van der Waals surface area (Å²) in [6, 6.07) is 0.799. The quantitative estimate of drug-likeness (QED) is 0.423. The molecule has 0 aromatic carbocycles. The molecule has 0 saturated heterocycles. The molecule has 0 radical (unpaired) electrons.